The smallest absolute Gasteiger partial charge is 0.373 e. The largest absolute Gasteiger partial charge is 0.486 e. The molecule has 0 saturated carbocycles. The van der Waals surface area contributed by atoms with E-state index in [-0.39, 0.29) is 84.1 Å². The van der Waals surface area contributed by atoms with E-state index in [0.29, 0.717) is 93.8 Å². The molecule has 3 atom stereocenters. The lowest BCUT2D eigenvalue weighted by Crippen LogP contribution is -2.36. The molecule has 2 aliphatic heterocycles. The number of ether oxygens (including phenoxy) is 4. The van der Waals surface area contributed by atoms with Crippen LogP contribution in [0.25, 0.3) is 11.1 Å². The van der Waals surface area contributed by atoms with E-state index in [1.807, 2.05) is 36.0 Å². The molecule has 16 nitrogen and oxygen atoms in total. The minimum absolute atomic E-state index is 0.00529. The number of nitrogens with one attached hydrogen (secondary N) is 3. The molecule has 0 aromatic heterocycles. The summed E-state index contributed by atoms with van der Waals surface area (Å²) < 4.78 is 23.1. The standard InChI is InChI=1S/C48H71N3O9S.2CO2/c1-47(2,3)21-26-57-24-10-12-37(52)31-59-39-19-17-34(18-20-39)35-28-36(30-40(29-35)60-32-38(53)13-11-25-58-27-22-48(4,5)6)42(54)14-9-23-49-44(55)16-8-7-15-43-45-41(33-61-43)50-46(56)51-45;2*2-1-3/h17-20,28-30,41,43,45H,7-16,21-27,31-33H2,1-6H3,(H,49,55)(H2,50,51,56);;/t41-,43-,45-;;/m0../s1. The first-order chi connectivity index (χ1) is 31.9. The van der Waals surface area contributed by atoms with Crippen LogP contribution >= 0.6 is 11.8 Å². The highest BCUT2D eigenvalue weighted by molar-refractivity contribution is 8.00. The van der Waals surface area contributed by atoms with Crippen LogP contribution in [0.5, 0.6) is 11.5 Å². The van der Waals surface area contributed by atoms with Gasteiger partial charge in [-0.3, -0.25) is 19.2 Å². The van der Waals surface area contributed by atoms with E-state index >= 15 is 0 Å². The Hall–Kier alpha value is -5.18. The zero-order valence-corrected chi connectivity index (χ0v) is 40.9. The highest BCUT2D eigenvalue weighted by Gasteiger charge is 2.42. The number of carbonyl (C=O) groups is 5. The van der Waals surface area contributed by atoms with Crippen molar-refractivity contribution in [1.82, 2.24) is 16.0 Å². The van der Waals surface area contributed by atoms with Gasteiger partial charge in [-0.2, -0.15) is 30.9 Å². The van der Waals surface area contributed by atoms with Gasteiger partial charge in [-0.1, -0.05) is 60.1 Å². The van der Waals surface area contributed by atoms with Crippen LogP contribution in [0.3, 0.4) is 0 Å². The maximum atomic E-state index is 13.5. The average molecular weight is 954 g/mol. The lowest BCUT2D eigenvalue weighted by atomic mass is 9.93. The fourth-order valence-corrected chi connectivity index (χ4v) is 8.46. The van der Waals surface area contributed by atoms with Gasteiger partial charge in [0.1, 0.15) is 24.7 Å². The highest BCUT2D eigenvalue weighted by atomic mass is 32.2. The lowest BCUT2D eigenvalue weighted by molar-refractivity contribution is -0.193. The molecule has 4 rings (SSSR count). The van der Waals surface area contributed by atoms with Crippen LogP contribution in [-0.4, -0.2) is 111 Å². The molecule has 67 heavy (non-hydrogen) atoms. The summed E-state index contributed by atoms with van der Waals surface area (Å²) in [6, 6.07) is 12.9. The summed E-state index contributed by atoms with van der Waals surface area (Å²) in [5, 5.41) is 9.29. The van der Waals surface area contributed by atoms with Crippen molar-refractivity contribution < 1.29 is 62.1 Å². The van der Waals surface area contributed by atoms with Crippen LogP contribution in [0.1, 0.15) is 129 Å². The monoisotopic (exact) mass is 953 g/mol. The summed E-state index contributed by atoms with van der Waals surface area (Å²) in [7, 11) is 0. The molecule has 2 saturated heterocycles. The summed E-state index contributed by atoms with van der Waals surface area (Å²) in [6.45, 7) is 15.7. The van der Waals surface area contributed by atoms with Crippen molar-refractivity contribution >= 4 is 53.4 Å². The van der Waals surface area contributed by atoms with Crippen LogP contribution in [0.4, 0.5) is 4.79 Å². The molecule has 2 aromatic carbocycles. The van der Waals surface area contributed by atoms with Gasteiger partial charge in [0, 0.05) is 75.2 Å². The Morgan fingerprint density at radius 3 is 1.81 bits per heavy atom. The van der Waals surface area contributed by atoms with E-state index in [1.54, 1.807) is 18.2 Å². The molecule has 0 unspecified atom stereocenters. The SMILES string of the molecule is CC(C)(C)CCOCCCC(=O)COc1ccc(-c2cc(OCC(=O)CCCOCCC(C)(C)C)cc(C(=O)CCCNC(=O)CCCC[C@@H]3SC[C@@H]4NC(=O)N[C@@H]43)c2)cc1.O=C=O.O=C=O. The first kappa shape index (κ1) is 57.9. The molecular weight excluding hydrogens is 883 g/mol. The number of carbonyl (C=O) groups excluding carboxylic acids is 9. The van der Waals surface area contributed by atoms with Gasteiger partial charge >= 0.3 is 18.3 Å². The van der Waals surface area contributed by atoms with Gasteiger partial charge in [0.25, 0.3) is 0 Å². The molecule has 17 heteroatoms. The second-order valence-corrected chi connectivity index (χ2v) is 20.2. The quantitative estimate of drug-likeness (QED) is 0.0412. The second-order valence-electron chi connectivity index (χ2n) is 18.9. The fraction of sp³-hybridized carbons (Fsp3) is 0.620. The zero-order valence-electron chi connectivity index (χ0n) is 40.1. The third-order valence-corrected chi connectivity index (χ3v) is 12.2. The first-order valence-corrected chi connectivity index (χ1v) is 24.1. The van der Waals surface area contributed by atoms with E-state index < -0.39 is 0 Å². The molecule has 2 fully saturated rings. The number of ketones is 3. The van der Waals surface area contributed by atoms with E-state index in [0.717, 1.165) is 49.0 Å². The van der Waals surface area contributed by atoms with E-state index in [9.17, 15) is 24.0 Å². The molecule has 2 aliphatic rings. The third kappa shape index (κ3) is 26.1. The Balaban J connectivity index is 0.00000243. The van der Waals surface area contributed by atoms with Gasteiger partial charge in [-0.05, 0) is 97.2 Å². The Labute approximate surface area is 399 Å². The van der Waals surface area contributed by atoms with Crippen molar-refractivity contribution in [2.24, 2.45) is 10.8 Å². The number of fused-ring (bicyclic) bond motifs is 1. The molecule has 2 heterocycles. The van der Waals surface area contributed by atoms with E-state index in [2.05, 4.69) is 57.5 Å². The van der Waals surface area contributed by atoms with Crippen molar-refractivity contribution in [3.8, 4) is 22.6 Å². The van der Waals surface area contributed by atoms with Crippen molar-refractivity contribution in [2.45, 2.75) is 136 Å². The van der Waals surface area contributed by atoms with Gasteiger partial charge in [0.05, 0.1) is 12.1 Å². The average Bonchev–Trinajstić information content (AvgIpc) is 3.83. The molecule has 3 amide bonds. The number of Topliss-reactive ketones (excluding diaryl/α,β-unsaturated/α-hetero) is 3. The predicted molar refractivity (Wildman–Crippen MR) is 252 cm³/mol. The topological polar surface area (TPSA) is 227 Å². The molecule has 2 aromatic rings. The number of hydrogen-bond donors (Lipinski definition) is 3. The maximum Gasteiger partial charge on any atom is 0.373 e. The number of hydrogen-bond acceptors (Lipinski definition) is 14. The molecular formula is C50H71N3O13S. The van der Waals surface area contributed by atoms with Crippen LogP contribution in [-0.2, 0) is 43.0 Å². The Kier molecular flexibility index (Phi) is 27.4. The number of unbranched alkanes of at least 4 members (excludes halogenated alkanes) is 1. The molecule has 0 radical (unpaired) electrons. The predicted octanol–water partition coefficient (Wildman–Crippen LogP) is 7.35. The Morgan fingerprint density at radius 1 is 0.672 bits per heavy atom. The van der Waals surface area contributed by atoms with Crippen molar-refractivity contribution in [3.05, 3.63) is 48.0 Å². The van der Waals surface area contributed by atoms with Gasteiger partial charge in [0.15, 0.2) is 17.3 Å². The maximum absolute atomic E-state index is 13.5. The molecule has 0 spiro atoms. The Morgan fingerprint density at radius 2 is 1.24 bits per heavy atom. The summed E-state index contributed by atoms with van der Waals surface area (Å²) >= 11 is 1.87. The van der Waals surface area contributed by atoms with Gasteiger partial charge in [-0.15, -0.1) is 0 Å². The van der Waals surface area contributed by atoms with Crippen LogP contribution in [0.2, 0.25) is 0 Å². The number of benzene rings is 2. The van der Waals surface area contributed by atoms with E-state index in [4.69, 9.17) is 38.1 Å². The molecule has 370 valence electrons. The van der Waals surface area contributed by atoms with Crippen molar-refractivity contribution in [1.29, 1.82) is 0 Å². The van der Waals surface area contributed by atoms with Gasteiger partial charge < -0.3 is 34.9 Å². The van der Waals surface area contributed by atoms with Crippen molar-refractivity contribution in [2.75, 3.05) is 51.9 Å². The zero-order chi connectivity index (χ0) is 49.7. The van der Waals surface area contributed by atoms with E-state index in [1.165, 1.54) is 0 Å². The third-order valence-electron chi connectivity index (χ3n) is 10.7. The number of rotatable bonds is 29. The minimum atomic E-state index is -0.122. The highest BCUT2D eigenvalue weighted by Crippen LogP contribution is 2.33. The van der Waals surface area contributed by atoms with Gasteiger partial charge in [0.2, 0.25) is 5.91 Å². The minimum Gasteiger partial charge on any atom is -0.486 e. The Bertz CT molecular complexity index is 1900. The van der Waals surface area contributed by atoms with Crippen LogP contribution < -0.4 is 25.4 Å². The summed E-state index contributed by atoms with van der Waals surface area (Å²) in [4.78, 5) is 95.4. The molecule has 0 aliphatic carbocycles. The molecule has 0 bridgehead atoms. The number of thioether (sulfide) groups is 1. The van der Waals surface area contributed by atoms with Crippen LogP contribution in [0.15, 0.2) is 42.5 Å². The van der Waals surface area contributed by atoms with Crippen molar-refractivity contribution in [3.63, 3.8) is 0 Å². The van der Waals surface area contributed by atoms with Crippen LogP contribution in [0, 0.1) is 10.8 Å². The number of amides is 3. The summed E-state index contributed by atoms with van der Waals surface area (Å²) in [5.41, 5.74) is 2.42. The molecule has 3 N–H and O–H groups in total. The van der Waals surface area contributed by atoms with Gasteiger partial charge in [-0.25, -0.2) is 4.79 Å². The first-order valence-electron chi connectivity index (χ1n) is 23.0. The fourth-order valence-electron chi connectivity index (χ4n) is 6.91. The second kappa shape index (κ2) is 31.7. The normalized spacial score (nSPS) is 16.0. The summed E-state index contributed by atoms with van der Waals surface area (Å²) in [5.74, 6) is 1.71. The lowest BCUT2D eigenvalue weighted by Gasteiger charge is -2.17. The summed E-state index contributed by atoms with van der Waals surface area (Å²) in [6.07, 6.45) is 8.15. The number of urea groups is 1.